The normalized spacial score (nSPS) is 10.1. The number of halogens is 1. The highest BCUT2D eigenvalue weighted by molar-refractivity contribution is 6.30. The van der Waals surface area contributed by atoms with E-state index < -0.39 is 4.92 Å². The zero-order valence-electron chi connectivity index (χ0n) is 10.8. The van der Waals surface area contributed by atoms with Crippen LogP contribution in [0.4, 0.5) is 11.4 Å². The first-order chi connectivity index (χ1) is 9.60. The highest BCUT2D eigenvalue weighted by atomic mass is 35.5. The molecule has 104 valence electrons. The first kappa shape index (κ1) is 14.1. The van der Waals surface area contributed by atoms with Crippen molar-refractivity contribution in [2.75, 3.05) is 12.4 Å². The number of nitro benzene ring substituents is 1. The van der Waals surface area contributed by atoms with E-state index in [9.17, 15) is 10.1 Å². The second-order valence-electron chi connectivity index (χ2n) is 4.12. The summed E-state index contributed by atoms with van der Waals surface area (Å²) in [5.74, 6) is 0.453. The van der Waals surface area contributed by atoms with Gasteiger partial charge in [-0.2, -0.15) is 0 Å². The summed E-state index contributed by atoms with van der Waals surface area (Å²) in [6.07, 6.45) is 0. The zero-order chi connectivity index (χ0) is 14.5. The minimum Gasteiger partial charge on any atom is -0.496 e. The lowest BCUT2D eigenvalue weighted by atomic mass is 10.2. The summed E-state index contributed by atoms with van der Waals surface area (Å²) in [5, 5.41) is 14.7. The van der Waals surface area contributed by atoms with E-state index in [-0.39, 0.29) is 5.69 Å². The maximum absolute atomic E-state index is 11.0. The predicted octanol–water partition coefficient (Wildman–Crippen LogP) is 3.87. The second-order valence-corrected chi connectivity index (χ2v) is 4.56. The van der Waals surface area contributed by atoms with E-state index in [1.54, 1.807) is 24.3 Å². The SMILES string of the molecule is COc1ccc(NCc2ccc(Cl)cc2)c([N+](=O)[O-])c1. The average molecular weight is 293 g/mol. The van der Waals surface area contributed by atoms with Crippen molar-refractivity contribution >= 4 is 23.0 Å². The lowest BCUT2D eigenvalue weighted by Crippen LogP contribution is -2.02. The third kappa shape index (κ3) is 3.39. The number of rotatable bonds is 5. The second kappa shape index (κ2) is 6.25. The molecule has 0 aliphatic heterocycles. The first-order valence-electron chi connectivity index (χ1n) is 5.91. The molecule has 2 aromatic rings. The molecule has 2 aromatic carbocycles. The Kier molecular flexibility index (Phi) is 4.42. The molecule has 0 amide bonds. The molecular weight excluding hydrogens is 280 g/mol. The summed E-state index contributed by atoms with van der Waals surface area (Å²) in [6, 6.07) is 12.0. The van der Waals surface area contributed by atoms with Gasteiger partial charge in [0.25, 0.3) is 5.69 Å². The largest absolute Gasteiger partial charge is 0.496 e. The average Bonchev–Trinajstić information content (AvgIpc) is 2.46. The highest BCUT2D eigenvalue weighted by Gasteiger charge is 2.14. The van der Waals surface area contributed by atoms with Crippen LogP contribution >= 0.6 is 11.6 Å². The fourth-order valence-corrected chi connectivity index (χ4v) is 1.86. The van der Waals surface area contributed by atoms with E-state index in [0.717, 1.165) is 5.56 Å². The van der Waals surface area contributed by atoms with Gasteiger partial charge >= 0.3 is 0 Å². The number of ether oxygens (including phenoxy) is 1. The van der Waals surface area contributed by atoms with Gasteiger partial charge in [0, 0.05) is 11.6 Å². The summed E-state index contributed by atoms with van der Waals surface area (Å²) in [6.45, 7) is 0.477. The lowest BCUT2D eigenvalue weighted by molar-refractivity contribution is -0.384. The van der Waals surface area contributed by atoms with Gasteiger partial charge in [-0.25, -0.2) is 0 Å². The van der Waals surface area contributed by atoms with Crippen LogP contribution in [-0.2, 0) is 6.54 Å². The Morgan fingerprint density at radius 3 is 2.55 bits per heavy atom. The fraction of sp³-hybridized carbons (Fsp3) is 0.143. The molecule has 20 heavy (non-hydrogen) atoms. The van der Waals surface area contributed by atoms with Crippen molar-refractivity contribution < 1.29 is 9.66 Å². The zero-order valence-corrected chi connectivity index (χ0v) is 11.6. The minimum absolute atomic E-state index is 0.0155. The number of benzene rings is 2. The Labute approximate surface area is 121 Å². The van der Waals surface area contributed by atoms with Crippen LogP contribution in [0.2, 0.25) is 5.02 Å². The molecule has 0 unspecified atom stereocenters. The van der Waals surface area contributed by atoms with E-state index in [2.05, 4.69) is 5.32 Å². The Morgan fingerprint density at radius 1 is 1.25 bits per heavy atom. The van der Waals surface area contributed by atoms with E-state index in [0.29, 0.717) is 23.0 Å². The van der Waals surface area contributed by atoms with Crippen LogP contribution in [0.5, 0.6) is 5.75 Å². The standard InChI is InChI=1S/C14H13ClN2O3/c1-20-12-6-7-13(14(8-12)17(18)19)16-9-10-2-4-11(15)5-3-10/h2-8,16H,9H2,1H3. The lowest BCUT2D eigenvalue weighted by Gasteiger charge is -2.08. The molecule has 0 spiro atoms. The Hall–Kier alpha value is -2.27. The van der Waals surface area contributed by atoms with Crippen molar-refractivity contribution in [1.82, 2.24) is 0 Å². The van der Waals surface area contributed by atoms with Crippen molar-refractivity contribution in [3.05, 3.63) is 63.2 Å². The summed E-state index contributed by atoms with van der Waals surface area (Å²) in [4.78, 5) is 10.6. The quantitative estimate of drug-likeness (QED) is 0.671. The van der Waals surface area contributed by atoms with Gasteiger partial charge in [-0.3, -0.25) is 10.1 Å². The van der Waals surface area contributed by atoms with Gasteiger partial charge in [-0.05, 0) is 29.8 Å². The molecule has 6 heteroatoms. The van der Waals surface area contributed by atoms with E-state index >= 15 is 0 Å². The predicted molar refractivity (Wildman–Crippen MR) is 78.4 cm³/mol. The number of methoxy groups -OCH3 is 1. The van der Waals surface area contributed by atoms with Crippen LogP contribution in [0.15, 0.2) is 42.5 Å². The number of nitrogens with zero attached hydrogens (tertiary/aromatic N) is 1. The first-order valence-corrected chi connectivity index (χ1v) is 6.28. The van der Waals surface area contributed by atoms with Gasteiger partial charge in [-0.15, -0.1) is 0 Å². The van der Waals surface area contributed by atoms with Gasteiger partial charge in [0.15, 0.2) is 0 Å². The number of hydrogen-bond donors (Lipinski definition) is 1. The van der Waals surface area contributed by atoms with E-state index in [1.165, 1.54) is 13.2 Å². The van der Waals surface area contributed by atoms with Crippen LogP contribution in [-0.4, -0.2) is 12.0 Å². The third-order valence-electron chi connectivity index (χ3n) is 2.80. The van der Waals surface area contributed by atoms with Crippen LogP contribution < -0.4 is 10.1 Å². The molecule has 0 fully saturated rings. The number of anilines is 1. The maximum Gasteiger partial charge on any atom is 0.296 e. The molecule has 0 radical (unpaired) electrons. The van der Waals surface area contributed by atoms with Gasteiger partial charge in [0.05, 0.1) is 18.1 Å². The topological polar surface area (TPSA) is 64.4 Å². The summed E-state index contributed by atoms with van der Waals surface area (Å²) < 4.78 is 4.99. The Bertz CT molecular complexity index is 614. The van der Waals surface area contributed by atoms with Crippen molar-refractivity contribution in [2.24, 2.45) is 0 Å². The smallest absolute Gasteiger partial charge is 0.296 e. The molecule has 0 aliphatic rings. The monoisotopic (exact) mass is 292 g/mol. The molecule has 0 saturated carbocycles. The van der Waals surface area contributed by atoms with Gasteiger partial charge in [0.1, 0.15) is 11.4 Å². The molecule has 0 atom stereocenters. The summed E-state index contributed by atoms with van der Waals surface area (Å²) in [5.41, 5.74) is 1.42. The van der Waals surface area contributed by atoms with Crippen LogP contribution in [0.3, 0.4) is 0 Å². The number of nitrogens with one attached hydrogen (secondary N) is 1. The number of nitro groups is 1. The minimum atomic E-state index is -0.438. The van der Waals surface area contributed by atoms with Crippen molar-refractivity contribution in [3.63, 3.8) is 0 Å². The van der Waals surface area contributed by atoms with Crippen LogP contribution in [0.1, 0.15) is 5.56 Å². The summed E-state index contributed by atoms with van der Waals surface area (Å²) >= 11 is 5.81. The molecular formula is C14H13ClN2O3. The van der Waals surface area contributed by atoms with E-state index in [4.69, 9.17) is 16.3 Å². The summed E-state index contributed by atoms with van der Waals surface area (Å²) in [7, 11) is 1.47. The molecule has 0 aromatic heterocycles. The van der Waals surface area contributed by atoms with Gasteiger partial charge in [-0.1, -0.05) is 23.7 Å². The Morgan fingerprint density at radius 2 is 1.95 bits per heavy atom. The number of hydrogen-bond acceptors (Lipinski definition) is 4. The fourth-order valence-electron chi connectivity index (χ4n) is 1.74. The Balaban J connectivity index is 2.16. The highest BCUT2D eigenvalue weighted by Crippen LogP contribution is 2.29. The molecule has 5 nitrogen and oxygen atoms in total. The van der Waals surface area contributed by atoms with Crippen LogP contribution in [0, 0.1) is 10.1 Å². The maximum atomic E-state index is 11.0. The molecule has 0 aliphatic carbocycles. The van der Waals surface area contributed by atoms with Gasteiger partial charge < -0.3 is 10.1 Å². The molecule has 2 rings (SSSR count). The molecule has 0 saturated heterocycles. The van der Waals surface area contributed by atoms with Crippen LogP contribution in [0.25, 0.3) is 0 Å². The molecule has 0 bridgehead atoms. The third-order valence-corrected chi connectivity index (χ3v) is 3.05. The van der Waals surface area contributed by atoms with Crippen molar-refractivity contribution in [2.45, 2.75) is 6.54 Å². The van der Waals surface area contributed by atoms with E-state index in [1.807, 2.05) is 12.1 Å². The molecule has 1 N–H and O–H groups in total. The van der Waals surface area contributed by atoms with Crippen molar-refractivity contribution in [3.8, 4) is 5.75 Å². The van der Waals surface area contributed by atoms with Gasteiger partial charge in [0.2, 0.25) is 0 Å². The van der Waals surface area contributed by atoms with Crippen molar-refractivity contribution in [1.29, 1.82) is 0 Å². The molecule has 0 heterocycles.